The maximum atomic E-state index is 10.3. The Kier molecular flexibility index (Phi) is 5.58. The smallest absolute Gasteiger partial charge is 0.330 e. The Balaban J connectivity index is 3.93. The molecule has 0 fully saturated rings. The van der Waals surface area contributed by atoms with E-state index in [1.807, 2.05) is 6.92 Å². The number of carboxylic acid groups (broad SMARTS) is 1. The van der Waals surface area contributed by atoms with Gasteiger partial charge in [0, 0.05) is 0 Å². The van der Waals surface area contributed by atoms with Gasteiger partial charge in [0.2, 0.25) is 0 Å². The van der Waals surface area contributed by atoms with Crippen molar-refractivity contribution in [1.82, 2.24) is 4.90 Å². The molecule has 0 saturated heterocycles. The van der Waals surface area contributed by atoms with Crippen LogP contribution in [0.1, 0.15) is 13.3 Å². The zero-order valence-electron chi connectivity index (χ0n) is 6.89. The van der Waals surface area contributed by atoms with Gasteiger partial charge in [-0.3, -0.25) is 9.69 Å². The molecule has 6 heteroatoms. The summed E-state index contributed by atoms with van der Waals surface area (Å²) in [7, 11) is -2.52. The lowest BCUT2D eigenvalue weighted by Gasteiger charge is -2.14. The van der Waals surface area contributed by atoms with Crippen molar-refractivity contribution in [2.75, 3.05) is 19.4 Å². The van der Waals surface area contributed by atoms with Crippen LogP contribution in [0.2, 0.25) is 0 Å². The Hall–Kier alpha value is -0.670. The summed E-state index contributed by atoms with van der Waals surface area (Å²) in [6.07, 6.45) is 0.575. The van der Waals surface area contributed by atoms with Gasteiger partial charge in [-0.25, -0.2) is 9.13 Å². The first-order valence-electron chi connectivity index (χ1n) is 3.62. The summed E-state index contributed by atoms with van der Waals surface area (Å²) in [6.45, 7) is 2.15. The molecule has 0 unspecified atom stereocenters. The summed E-state index contributed by atoms with van der Waals surface area (Å²) in [5.74, 6) is -1.000. The van der Waals surface area contributed by atoms with E-state index in [1.165, 1.54) is 4.90 Å². The number of hydrogen-bond donors (Lipinski definition) is 1. The van der Waals surface area contributed by atoms with E-state index in [0.717, 1.165) is 6.42 Å². The normalized spacial score (nSPS) is 10.2. The van der Waals surface area contributed by atoms with E-state index in [4.69, 9.17) is 5.11 Å². The summed E-state index contributed by atoms with van der Waals surface area (Å²) in [6, 6.07) is 0. The highest BCUT2D eigenvalue weighted by molar-refractivity contribution is 7.30. The SMILES string of the molecule is CCCN(CC(=O)O)CP(=O)=O. The summed E-state index contributed by atoms with van der Waals surface area (Å²) in [4.78, 5) is 11.6. The van der Waals surface area contributed by atoms with Crippen LogP contribution in [0.15, 0.2) is 0 Å². The predicted octanol–water partition coefficient (Wildman–Crippen LogP) is 0.913. The Morgan fingerprint density at radius 1 is 1.50 bits per heavy atom. The van der Waals surface area contributed by atoms with Crippen molar-refractivity contribution in [3.05, 3.63) is 0 Å². The highest BCUT2D eigenvalue weighted by Gasteiger charge is 2.09. The average Bonchev–Trinajstić information content (AvgIpc) is 1.84. The Morgan fingerprint density at radius 2 is 2.08 bits per heavy atom. The summed E-state index contributed by atoms with van der Waals surface area (Å²) < 4.78 is 20.5. The Bertz CT molecular complexity index is 206. The maximum Gasteiger partial charge on any atom is 0.330 e. The van der Waals surface area contributed by atoms with Gasteiger partial charge in [-0.2, -0.15) is 0 Å². The summed E-state index contributed by atoms with van der Waals surface area (Å²) in [5.41, 5.74) is 0. The molecule has 0 aliphatic heterocycles. The lowest BCUT2D eigenvalue weighted by molar-refractivity contribution is -0.138. The molecule has 0 saturated carbocycles. The number of rotatable bonds is 6. The summed E-state index contributed by atoms with van der Waals surface area (Å²) in [5, 5.41) is 8.38. The van der Waals surface area contributed by atoms with E-state index in [-0.39, 0.29) is 12.8 Å². The van der Waals surface area contributed by atoms with Crippen LogP contribution in [0.5, 0.6) is 0 Å². The van der Waals surface area contributed by atoms with Gasteiger partial charge >= 0.3 is 13.6 Å². The van der Waals surface area contributed by atoms with E-state index in [2.05, 4.69) is 0 Å². The second-order valence-corrected chi connectivity index (χ2v) is 3.37. The highest BCUT2D eigenvalue weighted by Crippen LogP contribution is 2.06. The molecule has 12 heavy (non-hydrogen) atoms. The van der Waals surface area contributed by atoms with Crippen LogP contribution in [0.4, 0.5) is 0 Å². The highest BCUT2D eigenvalue weighted by atomic mass is 31.1. The molecule has 0 aromatic carbocycles. The quantitative estimate of drug-likeness (QED) is 0.634. The third-order valence-corrected chi connectivity index (χ3v) is 1.85. The topological polar surface area (TPSA) is 74.7 Å². The van der Waals surface area contributed by atoms with Crippen molar-refractivity contribution >= 4 is 13.6 Å². The lowest BCUT2D eigenvalue weighted by Crippen LogP contribution is -2.29. The number of carbonyl (C=O) groups is 1. The van der Waals surface area contributed by atoms with Crippen LogP contribution in [-0.4, -0.2) is 35.4 Å². The number of hydrogen-bond acceptors (Lipinski definition) is 4. The molecule has 0 heterocycles. The maximum absolute atomic E-state index is 10.3. The van der Waals surface area contributed by atoms with Crippen LogP contribution >= 0.6 is 7.68 Å². The van der Waals surface area contributed by atoms with Crippen LogP contribution in [0, 0.1) is 0 Å². The van der Waals surface area contributed by atoms with Crippen molar-refractivity contribution in [1.29, 1.82) is 0 Å². The van der Waals surface area contributed by atoms with Gasteiger partial charge in [0.25, 0.3) is 0 Å². The Morgan fingerprint density at radius 3 is 2.42 bits per heavy atom. The number of nitrogens with zero attached hydrogens (tertiary/aromatic N) is 1. The van der Waals surface area contributed by atoms with Crippen molar-refractivity contribution in [3.8, 4) is 0 Å². The minimum Gasteiger partial charge on any atom is -0.480 e. The predicted molar refractivity (Wildman–Crippen MR) is 42.7 cm³/mol. The molecule has 0 rings (SSSR count). The van der Waals surface area contributed by atoms with Gasteiger partial charge in [0.05, 0.1) is 6.54 Å². The number of carboxylic acids is 1. The molecule has 0 aliphatic carbocycles. The van der Waals surface area contributed by atoms with Gasteiger partial charge in [-0.05, 0) is 13.0 Å². The largest absolute Gasteiger partial charge is 0.480 e. The van der Waals surface area contributed by atoms with Gasteiger partial charge in [-0.15, -0.1) is 0 Å². The lowest BCUT2D eigenvalue weighted by atomic mass is 10.4. The van der Waals surface area contributed by atoms with Crippen LogP contribution in [-0.2, 0) is 13.9 Å². The van der Waals surface area contributed by atoms with E-state index >= 15 is 0 Å². The first kappa shape index (κ1) is 11.3. The molecule has 1 N–H and O–H groups in total. The molecule has 0 aliphatic rings. The van der Waals surface area contributed by atoms with Crippen molar-refractivity contribution in [2.24, 2.45) is 0 Å². The van der Waals surface area contributed by atoms with Crippen LogP contribution in [0.25, 0.3) is 0 Å². The monoisotopic (exact) mass is 193 g/mol. The molecule has 0 amide bonds. The molecule has 0 aromatic heterocycles. The molecule has 0 aromatic rings. The molecule has 0 spiro atoms. The molecule has 70 valence electrons. The van der Waals surface area contributed by atoms with E-state index in [1.54, 1.807) is 0 Å². The first-order chi connectivity index (χ1) is 5.56. The van der Waals surface area contributed by atoms with Crippen LogP contribution < -0.4 is 0 Å². The molecular formula is C6H12NO4P. The second kappa shape index (κ2) is 5.91. The van der Waals surface area contributed by atoms with Gasteiger partial charge in [0.1, 0.15) is 6.29 Å². The molecule has 5 nitrogen and oxygen atoms in total. The van der Waals surface area contributed by atoms with Crippen LogP contribution in [0.3, 0.4) is 0 Å². The minimum atomic E-state index is -2.52. The second-order valence-electron chi connectivity index (χ2n) is 2.42. The van der Waals surface area contributed by atoms with Crippen molar-refractivity contribution in [3.63, 3.8) is 0 Å². The molecule has 0 atom stereocenters. The fourth-order valence-electron chi connectivity index (χ4n) is 0.871. The van der Waals surface area contributed by atoms with Crippen molar-refractivity contribution < 1.29 is 19.0 Å². The summed E-state index contributed by atoms with van der Waals surface area (Å²) >= 11 is 0. The molecular weight excluding hydrogens is 181 g/mol. The van der Waals surface area contributed by atoms with Crippen molar-refractivity contribution in [2.45, 2.75) is 13.3 Å². The van der Waals surface area contributed by atoms with Gasteiger partial charge < -0.3 is 5.11 Å². The third kappa shape index (κ3) is 6.07. The van der Waals surface area contributed by atoms with E-state index in [0.29, 0.717) is 6.54 Å². The number of aliphatic carboxylic acids is 1. The molecule has 0 bridgehead atoms. The van der Waals surface area contributed by atoms with E-state index < -0.39 is 13.6 Å². The zero-order chi connectivity index (χ0) is 9.56. The fourth-order valence-corrected chi connectivity index (χ4v) is 1.44. The molecule has 0 radical (unpaired) electrons. The fraction of sp³-hybridized carbons (Fsp3) is 0.833. The van der Waals surface area contributed by atoms with Gasteiger partial charge in [0.15, 0.2) is 0 Å². The van der Waals surface area contributed by atoms with E-state index in [9.17, 15) is 13.9 Å². The van der Waals surface area contributed by atoms with Gasteiger partial charge in [-0.1, -0.05) is 6.92 Å². The average molecular weight is 193 g/mol. The third-order valence-electron chi connectivity index (χ3n) is 1.21. The Labute approximate surface area is 71.2 Å². The minimum absolute atomic E-state index is 0.171. The standard InChI is InChI=1S/C6H12NO4P/c1-2-3-7(4-6(8)9)5-12(10)11/h2-5H2,1H3,(H,8,9). The zero-order valence-corrected chi connectivity index (χ0v) is 7.79. The first-order valence-corrected chi connectivity index (χ1v) is 4.98.